The molecule has 0 aliphatic heterocycles. The summed E-state index contributed by atoms with van der Waals surface area (Å²) in [5.41, 5.74) is -0.0647. The molecule has 0 aromatic carbocycles. The second-order valence-corrected chi connectivity index (χ2v) is 7.36. The van der Waals surface area contributed by atoms with Crippen molar-refractivity contribution in [1.82, 2.24) is 0 Å². The minimum Gasteiger partial charge on any atom is -0.462 e. The van der Waals surface area contributed by atoms with Crippen LogP contribution in [0.15, 0.2) is 0 Å². The van der Waals surface area contributed by atoms with Crippen molar-refractivity contribution in [2.75, 3.05) is 14.2 Å². The Hall–Kier alpha value is -0.393. The van der Waals surface area contributed by atoms with Crippen molar-refractivity contribution in [2.24, 2.45) is 0 Å². The van der Waals surface area contributed by atoms with E-state index in [4.69, 9.17) is 14.2 Å². The maximum Gasteiger partial charge on any atom is 0.305 e. The zero-order valence-electron chi connectivity index (χ0n) is 13.1. The Kier molecular flexibility index (Phi) is 11.2. The zero-order valence-corrected chi connectivity index (χ0v) is 14.5. The van der Waals surface area contributed by atoms with Gasteiger partial charge in [-0.1, -0.05) is 33.6 Å². The minimum atomic E-state index is -0.791. The van der Waals surface area contributed by atoms with Crippen molar-refractivity contribution >= 4 is 15.5 Å². The van der Waals surface area contributed by atoms with Crippen molar-refractivity contribution < 1.29 is 19.0 Å². The lowest BCUT2D eigenvalue weighted by molar-refractivity contribution is -0.149. The number of methoxy groups -OCH3 is 2. The van der Waals surface area contributed by atoms with Crippen LogP contribution in [0.1, 0.15) is 52.9 Å². The summed E-state index contributed by atoms with van der Waals surface area (Å²) < 4.78 is 15.9. The molecule has 2 atom stereocenters. The maximum absolute atomic E-state index is 12.0. The number of hydrogen-bond donors (Lipinski definition) is 0. The SMILES string of the molecule is CCCCCC(CC)OC(=O)C(C)[SiH2]C(OC)OC. The number of rotatable bonds is 11. The third-order valence-electron chi connectivity index (χ3n) is 3.34. The molecule has 0 fully saturated rings. The summed E-state index contributed by atoms with van der Waals surface area (Å²) in [5, 5.41) is 0. The van der Waals surface area contributed by atoms with Crippen LogP contribution < -0.4 is 0 Å². The molecule has 2 unspecified atom stereocenters. The molecule has 114 valence electrons. The van der Waals surface area contributed by atoms with Crippen molar-refractivity contribution in [3.8, 4) is 0 Å². The molecule has 0 amide bonds. The van der Waals surface area contributed by atoms with Crippen LogP contribution in [0.25, 0.3) is 0 Å². The second kappa shape index (κ2) is 11.4. The van der Waals surface area contributed by atoms with Gasteiger partial charge in [0.25, 0.3) is 0 Å². The largest absolute Gasteiger partial charge is 0.462 e. The molecule has 5 heteroatoms. The van der Waals surface area contributed by atoms with Crippen molar-refractivity contribution in [3.63, 3.8) is 0 Å². The van der Waals surface area contributed by atoms with Gasteiger partial charge in [-0.25, -0.2) is 0 Å². The lowest BCUT2D eigenvalue weighted by atomic mass is 10.1. The Bertz CT molecular complexity index is 231. The second-order valence-electron chi connectivity index (χ2n) is 5.00. The fourth-order valence-electron chi connectivity index (χ4n) is 1.92. The summed E-state index contributed by atoms with van der Waals surface area (Å²) in [4.78, 5) is 12.0. The van der Waals surface area contributed by atoms with Gasteiger partial charge < -0.3 is 14.2 Å². The van der Waals surface area contributed by atoms with Gasteiger partial charge in [-0.05, 0) is 19.3 Å². The molecule has 0 aliphatic rings. The highest BCUT2D eigenvalue weighted by atomic mass is 28.2. The molecule has 19 heavy (non-hydrogen) atoms. The van der Waals surface area contributed by atoms with E-state index in [1.165, 1.54) is 12.8 Å². The lowest BCUT2D eigenvalue weighted by Gasteiger charge is -2.21. The monoisotopic (exact) mass is 290 g/mol. The summed E-state index contributed by atoms with van der Waals surface area (Å²) in [6.07, 6.45) is 5.46. The Morgan fingerprint density at radius 2 is 1.79 bits per heavy atom. The highest BCUT2D eigenvalue weighted by Gasteiger charge is 2.23. The Labute approximate surface area is 120 Å². The molecule has 0 aromatic rings. The number of esters is 1. The van der Waals surface area contributed by atoms with E-state index in [9.17, 15) is 4.79 Å². The number of hydrogen-bond acceptors (Lipinski definition) is 4. The van der Waals surface area contributed by atoms with Gasteiger partial charge in [-0.15, -0.1) is 0 Å². The van der Waals surface area contributed by atoms with Gasteiger partial charge in [0.1, 0.15) is 21.5 Å². The van der Waals surface area contributed by atoms with Gasteiger partial charge in [0.15, 0.2) is 0 Å². The number of unbranched alkanes of at least 4 members (excludes halogenated alkanes) is 2. The molecule has 0 radical (unpaired) electrons. The van der Waals surface area contributed by atoms with Crippen LogP contribution in [0.5, 0.6) is 0 Å². The first-order valence-corrected chi connectivity index (χ1v) is 8.98. The Morgan fingerprint density at radius 1 is 1.16 bits per heavy atom. The molecular weight excluding hydrogens is 260 g/mol. The van der Waals surface area contributed by atoms with Gasteiger partial charge >= 0.3 is 5.97 Å². The summed E-state index contributed by atoms with van der Waals surface area (Å²) >= 11 is 0. The normalized spacial score (nSPS) is 15.1. The topological polar surface area (TPSA) is 44.8 Å². The molecule has 0 aliphatic carbocycles. The van der Waals surface area contributed by atoms with E-state index in [1.807, 2.05) is 6.92 Å². The van der Waals surface area contributed by atoms with Crippen LogP contribution in [0.4, 0.5) is 0 Å². The summed E-state index contributed by atoms with van der Waals surface area (Å²) in [7, 11) is 2.43. The standard InChI is InChI=1S/C14H30O4Si/c1-6-8-9-10-12(7-2)18-13(15)11(3)19-14(16-4)17-5/h11-12,14H,6-10,19H2,1-5H3. The smallest absolute Gasteiger partial charge is 0.305 e. The molecule has 0 spiro atoms. The number of carbonyl (C=O) groups excluding carboxylic acids is 1. The zero-order chi connectivity index (χ0) is 14.7. The highest BCUT2D eigenvalue weighted by Crippen LogP contribution is 2.15. The van der Waals surface area contributed by atoms with Crippen molar-refractivity contribution in [3.05, 3.63) is 0 Å². The van der Waals surface area contributed by atoms with Crippen LogP contribution in [0.2, 0.25) is 5.54 Å². The van der Waals surface area contributed by atoms with Gasteiger partial charge in [0.05, 0.1) is 0 Å². The average Bonchev–Trinajstić information content (AvgIpc) is 2.43. The molecule has 4 nitrogen and oxygen atoms in total. The van der Waals surface area contributed by atoms with Gasteiger partial charge in [-0.2, -0.15) is 0 Å². The van der Waals surface area contributed by atoms with Crippen molar-refractivity contribution in [1.29, 1.82) is 0 Å². The van der Waals surface area contributed by atoms with Gasteiger partial charge in [0.2, 0.25) is 0 Å². The fraction of sp³-hybridized carbons (Fsp3) is 0.929. The van der Waals surface area contributed by atoms with E-state index < -0.39 is 9.52 Å². The average molecular weight is 290 g/mol. The fourth-order valence-corrected chi connectivity index (χ4v) is 3.17. The predicted octanol–water partition coefficient (Wildman–Crippen LogP) is 2.44. The summed E-state index contributed by atoms with van der Waals surface area (Å²) in [6, 6.07) is 0. The molecule has 0 rings (SSSR count). The first kappa shape index (κ1) is 18.6. The number of ether oxygens (including phenoxy) is 3. The van der Waals surface area contributed by atoms with Crippen LogP contribution >= 0.6 is 0 Å². The molecule has 0 N–H and O–H groups in total. The van der Waals surface area contributed by atoms with Crippen LogP contribution in [-0.4, -0.2) is 41.7 Å². The molecular formula is C14H30O4Si. The first-order valence-electron chi connectivity index (χ1n) is 7.35. The molecule has 0 saturated carbocycles. The quantitative estimate of drug-likeness (QED) is 0.254. The number of carbonyl (C=O) groups is 1. The lowest BCUT2D eigenvalue weighted by Crippen LogP contribution is -2.30. The summed E-state index contributed by atoms with van der Waals surface area (Å²) in [6.45, 7) is 6.16. The van der Waals surface area contributed by atoms with Crippen LogP contribution in [-0.2, 0) is 19.0 Å². The predicted molar refractivity (Wildman–Crippen MR) is 80.1 cm³/mol. The minimum absolute atomic E-state index is 0.0647. The van der Waals surface area contributed by atoms with E-state index in [1.54, 1.807) is 14.2 Å². The Morgan fingerprint density at radius 3 is 2.26 bits per heavy atom. The highest BCUT2D eigenvalue weighted by molar-refractivity contribution is 6.44. The molecule has 0 bridgehead atoms. The van der Waals surface area contributed by atoms with E-state index in [-0.39, 0.29) is 23.5 Å². The van der Waals surface area contributed by atoms with E-state index in [0.29, 0.717) is 0 Å². The first-order chi connectivity index (χ1) is 9.08. The summed E-state index contributed by atoms with van der Waals surface area (Å²) in [5.74, 6) is -0.295. The van der Waals surface area contributed by atoms with Crippen molar-refractivity contribution in [2.45, 2.75) is 70.4 Å². The van der Waals surface area contributed by atoms with E-state index >= 15 is 0 Å². The van der Waals surface area contributed by atoms with Gasteiger partial charge in [-0.3, -0.25) is 4.79 Å². The van der Waals surface area contributed by atoms with E-state index in [2.05, 4.69) is 13.8 Å². The molecule has 0 aromatic heterocycles. The molecule has 0 saturated heterocycles. The Balaban J connectivity index is 4.09. The third kappa shape index (κ3) is 8.39. The van der Waals surface area contributed by atoms with Crippen LogP contribution in [0, 0.1) is 0 Å². The van der Waals surface area contributed by atoms with Gasteiger partial charge in [0, 0.05) is 19.8 Å². The third-order valence-corrected chi connectivity index (χ3v) is 5.43. The molecule has 0 heterocycles. The van der Waals surface area contributed by atoms with E-state index in [0.717, 1.165) is 19.3 Å². The van der Waals surface area contributed by atoms with Crippen LogP contribution in [0.3, 0.4) is 0 Å². The maximum atomic E-state index is 12.0.